The Kier molecular flexibility index (Phi) is 3.83. The molecular formula is C16H22N4O. The molecule has 1 aliphatic heterocycles. The van der Waals surface area contributed by atoms with Gasteiger partial charge in [-0.05, 0) is 44.2 Å². The predicted octanol–water partition coefficient (Wildman–Crippen LogP) is 1.43. The number of rotatable bonds is 2. The molecule has 2 heterocycles. The van der Waals surface area contributed by atoms with E-state index in [9.17, 15) is 10.4 Å². The molecule has 1 aromatic heterocycles. The first-order valence-electron chi connectivity index (χ1n) is 7.68. The average Bonchev–Trinajstić information content (AvgIpc) is 2.95. The van der Waals surface area contributed by atoms with Crippen molar-refractivity contribution in [2.75, 3.05) is 18.8 Å². The number of aliphatic hydroxyl groups excluding tert-OH is 1. The Labute approximate surface area is 125 Å². The molecule has 0 radical (unpaired) electrons. The maximum Gasteiger partial charge on any atom is 0.0994 e. The Hall–Kier alpha value is -1.64. The van der Waals surface area contributed by atoms with E-state index in [4.69, 9.17) is 5.73 Å². The molecular weight excluding hydrogens is 264 g/mol. The van der Waals surface area contributed by atoms with E-state index in [1.54, 1.807) is 6.20 Å². The molecule has 2 fully saturated rings. The van der Waals surface area contributed by atoms with Gasteiger partial charge in [0.25, 0.3) is 0 Å². The van der Waals surface area contributed by atoms with Gasteiger partial charge < -0.3 is 10.8 Å². The number of nitriles is 1. The second kappa shape index (κ2) is 5.63. The van der Waals surface area contributed by atoms with Gasteiger partial charge in [-0.15, -0.1) is 0 Å². The number of anilines is 1. The second-order valence-electron chi connectivity index (χ2n) is 6.34. The van der Waals surface area contributed by atoms with Crippen molar-refractivity contribution in [3.63, 3.8) is 0 Å². The summed E-state index contributed by atoms with van der Waals surface area (Å²) < 4.78 is 0. The van der Waals surface area contributed by atoms with Gasteiger partial charge in [-0.25, -0.2) is 0 Å². The zero-order valence-electron chi connectivity index (χ0n) is 12.2. The van der Waals surface area contributed by atoms with Crippen molar-refractivity contribution in [1.82, 2.24) is 9.88 Å². The standard InChI is InChI=1S/C16H22N4O/c17-11-16(15-2-1-12(18)9-19-15)6-3-13(4-7-16)20-8-5-14(21)10-20/h1-2,9,13-14,21H,3-8,10,18H2/t13-,14?,16+. The molecule has 0 amide bonds. The van der Waals surface area contributed by atoms with E-state index in [1.165, 1.54) is 0 Å². The summed E-state index contributed by atoms with van der Waals surface area (Å²) in [6, 6.07) is 6.71. The third kappa shape index (κ3) is 2.74. The first kappa shape index (κ1) is 14.3. The summed E-state index contributed by atoms with van der Waals surface area (Å²) in [5, 5.41) is 19.4. The number of aromatic nitrogens is 1. The summed E-state index contributed by atoms with van der Waals surface area (Å²) in [5.74, 6) is 0. The van der Waals surface area contributed by atoms with Crippen molar-refractivity contribution in [2.45, 2.75) is 49.7 Å². The Morgan fingerprint density at radius 3 is 2.62 bits per heavy atom. The van der Waals surface area contributed by atoms with E-state index < -0.39 is 5.41 Å². The number of likely N-dealkylation sites (tertiary alicyclic amines) is 1. The monoisotopic (exact) mass is 286 g/mol. The molecule has 1 atom stereocenters. The Morgan fingerprint density at radius 2 is 2.10 bits per heavy atom. The molecule has 1 saturated carbocycles. The summed E-state index contributed by atoms with van der Waals surface area (Å²) in [5.41, 5.74) is 6.69. The van der Waals surface area contributed by atoms with E-state index in [-0.39, 0.29) is 6.10 Å². The first-order chi connectivity index (χ1) is 10.1. The van der Waals surface area contributed by atoms with Gasteiger partial charge >= 0.3 is 0 Å². The summed E-state index contributed by atoms with van der Waals surface area (Å²) in [6.45, 7) is 1.76. The van der Waals surface area contributed by atoms with Crippen molar-refractivity contribution in [3.05, 3.63) is 24.0 Å². The first-order valence-corrected chi connectivity index (χ1v) is 7.68. The molecule has 1 aromatic rings. The van der Waals surface area contributed by atoms with Crippen molar-refractivity contribution in [3.8, 4) is 6.07 Å². The van der Waals surface area contributed by atoms with Gasteiger partial charge in [0.1, 0.15) is 0 Å². The number of aliphatic hydroxyl groups is 1. The Bertz CT molecular complexity index is 528. The minimum absolute atomic E-state index is 0.175. The van der Waals surface area contributed by atoms with E-state index >= 15 is 0 Å². The van der Waals surface area contributed by atoms with Crippen LogP contribution in [-0.4, -0.2) is 40.2 Å². The molecule has 112 valence electrons. The number of pyridine rings is 1. The van der Waals surface area contributed by atoms with Gasteiger partial charge in [-0.1, -0.05) is 0 Å². The lowest BCUT2D eigenvalue weighted by Crippen LogP contribution is -2.41. The molecule has 21 heavy (non-hydrogen) atoms. The van der Waals surface area contributed by atoms with Crippen LogP contribution in [0.2, 0.25) is 0 Å². The molecule has 0 aromatic carbocycles. The van der Waals surface area contributed by atoms with Crippen LogP contribution in [0.25, 0.3) is 0 Å². The quantitative estimate of drug-likeness (QED) is 0.859. The van der Waals surface area contributed by atoms with Gasteiger partial charge in [-0.3, -0.25) is 9.88 Å². The van der Waals surface area contributed by atoms with Crippen LogP contribution in [0.15, 0.2) is 18.3 Å². The minimum Gasteiger partial charge on any atom is -0.397 e. The fourth-order valence-corrected chi connectivity index (χ4v) is 3.67. The SMILES string of the molecule is N#C[C@]1(c2ccc(N)cn2)CC[C@@H](N2CCC(O)C2)CC1. The molecule has 2 aliphatic rings. The Morgan fingerprint density at radius 1 is 1.33 bits per heavy atom. The van der Waals surface area contributed by atoms with Gasteiger partial charge in [0.15, 0.2) is 0 Å². The lowest BCUT2D eigenvalue weighted by molar-refractivity contribution is 0.130. The highest BCUT2D eigenvalue weighted by molar-refractivity contribution is 5.38. The van der Waals surface area contributed by atoms with Crippen LogP contribution in [0.4, 0.5) is 5.69 Å². The number of nitrogens with zero attached hydrogens (tertiary/aromatic N) is 3. The highest BCUT2D eigenvalue weighted by atomic mass is 16.3. The van der Waals surface area contributed by atoms with Gasteiger partial charge in [0, 0.05) is 19.1 Å². The van der Waals surface area contributed by atoms with Crippen molar-refractivity contribution >= 4 is 5.69 Å². The minimum atomic E-state index is -0.470. The number of hydrogen-bond donors (Lipinski definition) is 2. The zero-order chi connectivity index (χ0) is 14.9. The number of hydrogen-bond acceptors (Lipinski definition) is 5. The highest BCUT2D eigenvalue weighted by Gasteiger charge is 2.40. The highest BCUT2D eigenvalue weighted by Crippen LogP contribution is 2.40. The van der Waals surface area contributed by atoms with Crippen LogP contribution in [0.3, 0.4) is 0 Å². The second-order valence-corrected chi connectivity index (χ2v) is 6.34. The fourth-order valence-electron chi connectivity index (χ4n) is 3.67. The molecule has 5 nitrogen and oxygen atoms in total. The normalized spacial score (nSPS) is 33.7. The summed E-state index contributed by atoms with van der Waals surface area (Å²) in [6.07, 6.45) is 5.98. The van der Waals surface area contributed by atoms with E-state index in [0.717, 1.165) is 50.9 Å². The lowest BCUT2D eigenvalue weighted by Gasteiger charge is -2.38. The molecule has 1 saturated heterocycles. The molecule has 3 rings (SSSR count). The fraction of sp³-hybridized carbons (Fsp3) is 0.625. The molecule has 3 N–H and O–H groups in total. The third-order valence-corrected chi connectivity index (χ3v) is 5.01. The summed E-state index contributed by atoms with van der Waals surface area (Å²) >= 11 is 0. The van der Waals surface area contributed by atoms with Gasteiger partial charge in [0.05, 0.1) is 35.2 Å². The van der Waals surface area contributed by atoms with Crippen LogP contribution < -0.4 is 5.73 Å². The largest absolute Gasteiger partial charge is 0.397 e. The van der Waals surface area contributed by atoms with Gasteiger partial charge in [0.2, 0.25) is 0 Å². The van der Waals surface area contributed by atoms with Crippen LogP contribution >= 0.6 is 0 Å². The van der Waals surface area contributed by atoms with Crippen molar-refractivity contribution in [2.24, 2.45) is 0 Å². The lowest BCUT2D eigenvalue weighted by atomic mass is 9.71. The van der Waals surface area contributed by atoms with Crippen molar-refractivity contribution in [1.29, 1.82) is 5.26 Å². The average molecular weight is 286 g/mol. The van der Waals surface area contributed by atoms with Crippen molar-refractivity contribution < 1.29 is 5.11 Å². The van der Waals surface area contributed by atoms with Gasteiger partial charge in [-0.2, -0.15) is 5.26 Å². The maximum absolute atomic E-state index is 9.68. The number of nitrogen functional groups attached to an aromatic ring is 1. The summed E-state index contributed by atoms with van der Waals surface area (Å²) in [4.78, 5) is 6.76. The van der Waals surface area contributed by atoms with E-state index in [0.29, 0.717) is 11.7 Å². The molecule has 0 bridgehead atoms. The molecule has 1 unspecified atom stereocenters. The predicted molar refractivity (Wildman–Crippen MR) is 80.4 cm³/mol. The molecule has 5 heteroatoms. The maximum atomic E-state index is 9.68. The summed E-state index contributed by atoms with van der Waals surface area (Å²) in [7, 11) is 0. The number of β-amino-alcohol motifs (C(OH)–C–C–N with tert-alkyl or cyclic N) is 1. The van der Waals surface area contributed by atoms with Crippen LogP contribution in [-0.2, 0) is 5.41 Å². The zero-order valence-corrected chi connectivity index (χ0v) is 12.2. The van der Waals surface area contributed by atoms with Crippen LogP contribution in [0.5, 0.6) is 0 Å². The van der Waals surface area contributed by atoms with Crippen LogP contribution in [0, 0.1) is 11.3 Å². The van der Waals surface area contributed by atoms with E-state index in [2.05, 4.69) is 16.0 Å². The van der Waals surface area contributed by atoms with Crippen LogP contribution in [0.1, 0.15) is 37.8 Å². The Balaban J connectivity index is 1.70. The topological polar surface area (TPSA) is 86.2 Å². The van der Waals surface area contributed by atoms with E-state index in [1.807, 2.05) is 12.1 Å². The third-order valence-electron chi connectivity index (χ3n) is 5.01. The molecule has 0 spiro atoms. The molecule has 1 aliphatic carbocycles. The number of nitrogens with two attached hydrogens (primary N) is 1. The smallest absolute Gasteiger partial charge is 0.0994 e.